The van der Waals surface area contributed by atoms with E-state index in [2.05, 4.69) is 75.7 Å². The summed E-state index contributed by atoms with van der Waals surface area (Å²) < 4.78 is 41.1. The summed E-state index contributed by atoms with van der Waals surface area (Å²) in [4.78, 5) is 49.0. The van der Waals surface area contributed by atoms with Crippen molar-refractivity contribution in [3.63, 3.8) is 0 Å². The molecule has 0 aliphatic carbocycles. The second-order valence-corrected chi connectivity index (χ2v) is 22.5. The molecule has 4 rings (SSSR count). The topological polar surface area (TPSA) is 165 Å². The molecule has 2 aliphatic rings. The Hall–Kier alpha value is -2.48. The average molecular weight is 682 g/mol. The lowest BCUT2D eigenvalue weighted by Gasteiger charge is -2.51. The van der Waals surface area contributed by atoms with E-state index in [1.165, 1.54) is 13.4 Å². The molecular formula is C30H51N5O9Si2. The molecule has 2 aromatic rings. The smallest absolute Gasteiger partial charge is 0.335 e. The number of hydrogen-bond acceptors (Lipinski definition) is 11. The van der Waals surface area contributed by atoms with Gasteiger partial charge in [-0.25, -0.2) is 4.98 Å². The molecule has 16 heteroatoms. The maximum atomic E-state index is 13.0. The Bertz CT molecular complexity index is 1430. The normalized spacial score (nSPS) is 24.5. The van der Waals surface area contributed by atoms with Crippen LogP contribution in [-0.2, 0) is 36.8 Å². The van der Waals surface area contributed by atoms with Crippen LogP contribution in [0.3, 0.4) is 0 Å². The second kappa shape index (κ2) is 14.3. The molecule has 2 aliphatic heterocycles. The van der Waals surface area contributed by atoms with Crippen LogP contribution in [0.25, 0.3) is 11.2 Å². The van der Waals surface area contributed by atoms with Crippen LogP contribution >= 0.6 is 0 Å². The maximum Gasteiger partial charge on any atom is 0.335 e. The van der Waals surface area contributed by atoms with E-state index in [1.807, 2.05) is 0 Å². The van der Waals surface area contributed by atoms with E-state index in [9.17, 15) is 14.4 Å². The van der Waals surface area contributed by atoms with E-state index in [0.717, 1.165) is 0 Å². The SMILES string of the molecule is COC(=O)CCOC1[C@H]2O[Si](C(C)C)(C(C)C)O[Si](C(C)C)(C(C)C)OC[C@H]2O[C@H]1n1cnc2c(=O)[nH]c(NC(=O)C(C)C)nc21. The first-order chi connectivity index (χ1) is 21.6. The number of nitrogens with zero attached hydrogens (tertiary/aromatic N) is 3. The molecule has 258 valence electrons. The Kier molecular flexibility index (Phi) is 11.3. The molecule has 0 saturated carbocycles. The van der Waals surface area contributed by atoms with Crippen LogP contribution < -0.4 is 10.9 Å². The highest BCUT2D eigenvalue weighted by Crippen LogP contribution is 2.49. The summed E-state index contributed by atoms with van der Waals surface area (Å²) in [6.07, 6.45) is -1.33. The van der Waals surface area contributed by atoms with E-state index in [1.54, 1.807) is 18.4 Å². The van der Waals surface area contributed by atoms with Gasteiger partial charge in [-0.05, 0) is 22.2 Å². The molecular weight excluding hydrogens is 631 g/mol. The van der Waals surface area contributed by atoms with Gasteiger partial charge in [-0.2, -0.15) is 4.98 Å². The molecule has 0 aromatic carbocycles. The number of ether oxygens (including phenoxy) is 3. The number of aromatic nitrogens is 4. The minimum Gasteiger partial charge on any atom is -0.469 e. The number of imidazole rings is 1. The quantitative estimate of drug-likeness (QED) is 0.253. The van der Waals surface area contributed by atoms with E-state index < -0.39 is 53.2 Å². The first-order valence-electron chi connectivity index (χ1n) is 16.2. The number of H-pyrrole nitrogens is 1. The summed E-state index contributed by atoms with van der Waals surface area (Å²) in [6.45, 7) is 20.9. The van der Waals surface area contributed by atoms with Crippen molar-refractivity contribution in [1.29, 1.82) is 0 Å². The predicted octanol–water partition coefficient (Wildman–Crippen LogP) is 4.52. The molecule has 2 saturated heterocycles. The van der Waals surface area contributed by atoms with Gasteiger partial charge in [0.15, 0.2) is 17.4 Å². The van der Waals surface area contributed by atoms with Crippen molar-refractivity contribution < 1.29 is 36.8 Å². The highest BCUT2D eigenvalue weighted by atomic mass is 28.5. The summed E-state index contributed by atoms with van der Waals surface area (Å²) in [5, 5.41) is 2.66. The fourth-order valence-corrected chi connectivity index (χ4v) is 17.5. The van der Waals surface area contributed by atoms with Gasteiger partial charge in [-0.3, -0.25) is 29.3 Å². The number of esters is 1. The molecule has 0 bridgehead atoms. The van der Waals surface area contributed by atoms with Gasteiger partial charge in [0.2, 0.25) is 11.9 Å². The number of carbonyl (C=O) groups is 2. The summed E-state index contributed by atoms with van der Waals surface area (Å²) in [5.41, 5.74) is 0.182. The minimum atomic E-state index is -3.05. The average Bonchev–Trinajstić information content (AvgIpc) is 3.53. The summed E-state index contributed by atoms with van der Waals surface area (Å²) in [5.74, 6) is -1.05. The van der Waals surface area contributed by atoms with Crippen molar-refractivity contribution in [3.05, 3.63) is 16.7 Å². The highest BCUT2D eigenvalue weighted by molar-refractivity contribution is 6.84. The molecule has 1 unspecified atom stereocenters. The van der Waals surface area contributed by atoms with Gasteiger partial charge in [0.1, 0.15) is 18.3 Å². The zero-order chi connectivity index (χ0) is 34.1. The van der Waals surface area contributed by atoms with Crippen LogP contribution in [0.5, 0.6) is 0 Å². The molecule has 2 fully saturated rings. The van der Waals surface area contributed by atoms with Crippen molar-refractivity contribution in [1.82, 2.24) is 19.5 Å². The number of carbonyl (C=O) groups excluding carboxylic acids is 2. The minimum absolute atomic E-state index is 0.00574. The van der Waals surface area contributed by atoms with E-state index in [0.29, 0.717) is 0 Å². The van der Waals surface area contributed by atoms with Crippen LogP contribution in [0.1, 0.15) is 81.9 Å². The van der Waals surface area contributed by atoms with Crippen LogP contribution in [0.4, 0.5) is 5.95 Å². The lowest BCUT2D eigenvalue weighted by molar-refractivity contribution is -0.143. The van der Waals surface area contributed by atoms with Gasteiger partial charge in [0.25, 0.3) is 5.56 Å². The molecule has 1 amide bonds. The van der Waals surface area contributed by atoms with Crippen molar-refractivity contribution >= 4 is 46.1 Å². The van der Waals surface area contributed by atoms with Crippen LogP contribution in [0.2, 0.25) is 22.2 Å². The lowest BCUT2D eigenvalue weighted by atomic mass is 10.1. The third-order valence-corrected chi connectivity index (χ3v) is 19.2. The summed E-state index contributed by atoms with van der Waals surface area (Å²) in [7, 11) is -4.56. The molecule has 4 heterocycles. The van der Waals surface area contributed by atoms with Gasteiger partial charge in [-0.15, -0.1) is 0 Å². The number of amides is 1. The number of methoxy groups -OCH3 is 1. The van der Waals surface area contributed by atoms with E-state index >= 15 is 0 Å². The van der Waals surface area contributed by atoms with Gasteiger partial charge in [0, 0.05) is 5.92 Å². The van der Waals surface area contributed by atoms with Crippen LogP contribution in [0, 0.1) is 5.92 Å². The highest BCUT2D eigenvalue weighted by Gasteiger charge is 2.62. The van der Waals surface area contributed by atoms with Crippen molar-refractivity contribution in [2.75, 3.05) is 25.6 Å². The Morgan fingerprint density at radius 1 is 1.04 bits per heavy atom. The fraction of sp³-hybridized carbons (Fsp3) is 0.767. The van der Waals surface area contributed by atoms with Gasteiger partial charge in [-0.1, -0.05) is 69.2 Å². The van der Waals surface area contributed by atoms with Crippen LogP contribution in [-0.4, -0.2) is 87.2 Å². The molecule has 46 heavy (non-hydrogen) atoms. The maximum absolute atomic E-state index is 13.0. The third kappa shape index (κ3) is 6.88. The standard InChI is InChI=1S/C30H51N5O9Si2/c1-16(2)27(37)33-30-32-26-23(28(38)34-30)31-15-35(26)29-25(40-13-12-22(36)39-11)24-21(42-29)14-41-45(17(3)4,18(5)6)44-46(43-24,19(7)8)20(9)10/h15-21,24-25,29H,12-14H2,1-11H3,(H2,32,33,34,37,38)/t21-,24+,25?,29-/m1/s1. The van der Waals surface area contributed by atoms with E-state index in [4.69, 9.17) is 27.2 Å². The number of fused-ring (bicyclic) bond motifs is 2. The first kappa shape index (κ1) is 36.4. The molecule has 2 aromatic heterocycles. The molecule has 2 N–H and O–H groups in total. The third-order valence-electron chi connectivity index (χ3n) is 8.93. The zero-order valence-corrected chi connectivity index (χ0v) is 30.9. The molecule has 14 nitrogen and oxygen atoms in total. The zero-order valence-electron chi connectivity index (χ0n) is 28.9. The number of rotatable bonds is 11. The Morgan fingerprint density at radius 3 is 2.24 bits per heavy atom. The van der Waals surface area contributed by atoms with Crippen molar-refractivity contribution in [3.8, 4) is 0 Å². The Balaban J connectivity index is 1.84. The van der Waals surface area contributed by atoms with Gasteiger partial charge >= 0.3 is 23.1 Å². The number of nitrogens with one attached hydrogen (secondary N) is 2. The number of anilines is 1. The van der Waals surface area contributed by atoms with E-state index in [-0.39, 0.29) is 70.7 Å². The number of hydrogen-bond donors (Lipinski definition) is 2. The lowest BCUT2D eigenvalue weighted by Crippen LogP contribution is -2.66. The first-order valence-corrected chi connectivity index (χ1v) is 20.2. The monoisotopic (exact) mass is 681 g/mol. The number of aromatic amines is 1. The van der Waals surface area contributed by atoms with Gasteiger partial charge < -0.3 is 27.2 Å². The van der Waals surface area contributed by atoms with Crippen LogP contribution in [0.15, 0.2) is 11.1 Å². The van der Waals surface area contributed by atoms with Crippen molar-refractivity contribution in [2.45, 2.75) is 122 Å². The summed E-state index contributed by atoms with van der Waals surface area (Å²) in [6, 6.07) is 0. The molecule has 0 spiro atoms. The molecule has 4 atom stereocenters. The van der Waals surface area contributed by atoms with Gasteiger partial charge in [0.05, 0.1) is 33.1 Å². The fourth-order valence-electron chi connectivity index (χ4n) is 6.34. The Morgan fingerprint density at radius 2 is 1.67 bits per heavy atom. The van der Waals surface area contributed by atoms with Crippen molar-refractivity contribution in [2.24, 2.45) is 5.92 Å². The molecule has 0 radical (unpaired) electrons. The Labute approximate surface area is 272 Å². The predicted molar refractivity (Wildman–Crippen MR) is 176 cm³/mol. The summed E-state index contributed by atoms with van der Waals surface area (Å²) >= 11 is 0. The largest absolute Gasteiger partial charge is 0.469 e. The second-order valence-electron chi connectivity index (χ2n) is 13.7.